The number of benzene rings is 2. The van der Waals surface area contributed by atoms with E-state index in [1.807, 2.05) is 55.5 Å². The molecule has 2 heterocycles. The summed E-state index contributed by atoms with van der Waals surface area (Å²) in [6.45, 7) is 1.97. The Kier molecular flexibility index (Phi) is 3.85. The molecule has 0 aliphatic carbocycles. The van der Waals surface area contributed by atoms with Crippen LogP contribution in [0.15, 0.2) is 53.1 Å². The first kappa shape index (κ1) is 15.8. The molecule has 0 saturated heterocycles. The molecule has 0 fully saturated rings. The molecule has 2 aromatic carbocycles. The van der Waals surface area contributed by atoms with Crippen LogP contribution in [0.3, 0.4) is 0 Å². The number of anilines is 1. The molecule has 0 unspecified atom stereocenters. The quantitative estimate of drug-likeness (QED) is 0.604. The predicted molar refractivity (Wildman–Crippen MR) is 95.8 cm³/mol. The molecule has 4 aromatic rings. The first-order valence-corrected chi connectivity index (χ1v) is 7.93. The van der Waals surface area contributed by atoms with Gasteiger partial charge in [-0.3, -0.25) is 0 Å². The molecule has 2 N–H and O–H groups in total. The fourth-order valence-corrected chi connectivity index (χ4v) is 2.61. The molecule has 0 aliphatic rings. The van der Waals surface area contributed by atoms with Crippen molar-refractivity contribution in [1.82, 2.24) is 25.1 Å². The second-order valence-corrected chi connectivity index (χ2v) is 5.70. The van der Waals surface area contributed by atoms with Crippen LogP contribution < -0.4 is 10.5 Å². The van der Waals surface area contributed by atoms with Crippen molar-refractivity contribution < 1.29 is 9.26 Å². The highest BCUT2D eigenvalue weighted by molar-refractivity contribution is 5.67. The second kappa shape index (κ2) is 6.32. The van der Waals surface area contributed by atoms with E-state index in [9.17, 15) is 0 Å². The largest absolute Gasteiger partial charge is 0.494 e. The van der Waals surface area contributed by atoms with Gasteiger partial charge in [-0.05, 0) is 24.6 Å². The molecule has 0 atom stereocenters. The summed E-state index contributed by atoms with van der Waals surface area (Å²) in [5.41, 5.74) is 9.14. The van der Waals surface area contributed by atoms with Gasteiger partial charge in [0, 0.05) is 5.56 Å². The number of hydrogen-bond donors (Lipinski definition) is 1. The fourth-order valence-electron chi connectivity index (χ4n) is 2.61. The SMILES string of the molecule is COc1ccc(C)cc1-n1nnc(-c2nc(-c3ccccc3)no2)c1N. The van der Waals surface area contributed by atoms with Gasteiger partial charge in [-0.2, -0.15) is 9.67 Å². The number of nitrogen functional groups attached to an aromatic ring is 1. The van der Waals surface area contributed by atoms with Crippen LogP contribution in [-0.2, 0) is 0 Å². The molecular formula is C18H16N6O2. The minimum Gasteiger partial charge on any atom is -0.494 e. The summed E-state index contributed by atoms with van der Waals surface area (Å²) >= 11 is 0. The normalized spacial score (nSPS) is 10.8. The van der Waals surface area contributed by atoms with Gasteiger partial charge < -0.3 is 15.0 Å². The molecular weight excluding hydrogens is 332 g/mol. The minimum absolute atomic E-state index is 0.208. The zero-order valence-corrected chi connectivity index (χ0v) is 14.2. The van der Waals surface area contributed by atoms with E-state index >= 15 is 0 Å². The van der Waals surface area contributed by atoms with Gasteiger partial charge in [0.05, 0.1) is 7.11 Å². The van der Waals surface area contributed by atoms with E-state index in [-0.39, 0.29) is 11.7 Å². The lowest BCUT2D eigenvalue weighted by Gasteiger charge is -2.09. The number of hydrogen-bond acceptors (Lipinski definition) is 7. The summed E-state index contributed by atoms with van der Waals surface area (Å²) in [5.74, 6) is 1.59. The highest BCUT2D eigenvalue weighted by Gasteiger charge is 2.21. The zero-order valence-electron chi connectivity index (χ0n) is 14.2. The first-order chi connectivity index (χ1) is 12.7. The van der Waals surface area contributed by atoms with Gasteiger partial charge >= 0.3 is 0 Å². The molecule has 26 heavy (non-hydrogen) atoms. The van der Waals surface area contributed by atoms with Gasteiger partial charge in [0.1, 0.15) is 11.4 Å². The van der Waals surface area contributed by atoms with Crippen molar-refractivity contribution in [1.29, 1.82) is 0 Å². The van der Waals surface area contributed by atoms with Crippen LogP contribution in [0.25, 0.3) is 28.7 Å². The predicted octanol–water partition coefficient (Wildman–Crippen LogP) is 2.88. The van der Waals surface area contributed by atoms with E-state index in [1.165, 1.54) is 4.68 Å². The molecule has 4 rings (SSSR count). The number of nitrogens with zero attached hydrogens (tertiary/aromatic N) is 5. The summed E-state index contributed by atoms with van der Waals surface area (Å²) in [4.78, 5) is 4.37. The monoisotopic (exact) mass is 348 g/mol. The van der Waals surface area contributed by atoms with Crippen LogP contribution in [-0.4, -0.2) is 32.2 Å². The molecule has 8 nitrogen and oxygen atoms in total. The molecule has 0 radical (unpaired) electrons. The van der Waals surface area contributed by atoms with E-state index in [1.54, 1.807) is 7.11 Å². The average molecular weight is 348 g/mol. The van der Waals surface area contributed by atoms with Crippen LogP contribution in [0.2, 0.25) is 0 Å². The summed E-state index contributed by atoms with van der Waals surface area (Å²) < 4.78 is 12.2. The summed E-state index contributed by atoms with van der Waals surface area (Å²) in [5, 5.41) is 12.2. The van der Waals surface area contributed by atoms with E-state index in [4.69, 9.17) is 15.0 Å². The Hall–Kier alpha value is -3.68. The lowest BCUT2D eigenvalue weighted by molar-refractivity contribution is 0.411. The second-order valence-electron chi connectivity index (χ2n) is 5.70. The molecule has 130 valence electrons. The van der Waals surface area contributed by atoms with Crippen LogP contribution in [0.5, 0.6) is 5.75 Å². The number of nitrogens with two attached hydrogens (primary N) is 1. The third kappa shape index (κ3) is 2.67. The maximum atomic E-state index is 6.24. The van der Waals surface area contributed by atoms with E-state index in [0.29, 0.717) is 23.0 Å². The van der Waals surface area contributed by atoms with Crippen LogP contribution >= 0.6 is 0 Å². The van der Waals surface area contributed by atoms with Gasteiger partial charge in [-0.1, -0.05) is 46.8 Å². The van der Waals surface area contributed by atoms with E-state index < -0.39 is 0 Å². The van der Waals surface area contributed by atoms with Gasteiger partial charge in [0.15, 0.2) is 11.5 Å². The summed E-state index contributed by atoms with van der Waals surface area (Å²) in [6.07, 6.45) is 0. The Morgan fingerprint density at radius 1 is 1.12 bits per heavy atom. The highest BCUT2D eigenvalue weighted by atomic mass is 16.5. The van der Waals surface area contributed by atoms with Crippen molar-refractivity contribution in [3.8, 4) is 34.4 Å². The maximum Gasteiger partial charge on any atom is 0.282 e. The minimum atomic E-state index is 0.208. The van der Waals surface area contributed by atoms with E-state index in [0.717, 1.165) is 11.1 Å². The fraction of sp³-hybridized carbons (Fsp3) is 0.111. The van der Waals surface area contributed by atoms with Crippen LogP contribution in [0.4, 0.5) is 5.82 Å². The Labute approximate surface area is 149 Å². The Morgan fingerprint density at radius 3 is 2.69 bits per heavy atom. The Balaban J connectivity index is 1.75. The van der Waals surface area contributed by atoms with Gasteiger partial charge in [-0.15, -0.1) is 5.10 Å². The smallest absolute Gasteiger partial charge is 0.282 e. The van der Waals surface area contributed by atoms with Crippen molar-refractivity contribution in [2.24, 2.45) is 0 Å². The van der Waals surface area contributed by atoms with Gasteiger partial charge in [-0.25, -0.2) is 0 Å². The topological polar surface area (TPSA) is 105 Å². The molecule has 0 saturated carbocycles. The number of ether oxygens (including phenoxy) is 1. The first-order valence-electron chi connectivity index (χ1n) is 7.93. The lowest BCUT2D eigenvalue weighted by atomic mass is 10.2. The van der Waals surface area contributed by atoms with E-state index in [2.05, 4.69) is 20.5 Å². The Bertz CT molecular complexity index is 1050. The number of rotatable bonds is 4. The lowest BCUT2D eigenvalue weighted by Crippen LogP contribution is -2.04. The average Bonchev–Trinajstić information content (AvgIpc) is 3.29. The molecule has 0 spiro atoms. The summed E-state index contributed by atoms with van der Waals surface area (Å²) in [7, 11) is 1.59. The number of aromatic nitrogens is 5. The third-order valence-electron chi connectivity index (χ3n) is 3.93. The summed E-state index contributed by atoms with van der Waals surface area (Å²) in [6, 6.07) is 15.2. The van der Waals surface area contributed by atoms with Crippen molar-refractivity contribution in [2.45, 2.75) is 6.92 Å². The maximum absolute atomic E-state index is 6.24. The van der Waals surface area contributed by atoms with Crippen molar-refractivity contribution in [3.63, 3.8) is 0 Å². The number of aryl methyl sites for hydroxylation is 1. The molecule has 0 aliphatic heterocycles. The number of methoxy groups -OCH3 is 1. The third-order valence-corrected chi connectivity index (χ3v) is 3.93. The molecule has 0 bridgehead atoms. The van der Waals surface area contributed by atoms with Crippen molar-refractivity contribution in [3.05, 3.63) is 54.1 Å². The van der Waals surface area contributed by atoms with Crippen molar-refractivity contribution in [2.75, 3.05) is 12.8 Å². The Morgan fingerprint density at radius 2 is 1.92 bits per heavy atom. The standard InChI is InChI=1S/C18H16N6O2/c1-11-8-9-14(25-2)13(10-11)24-16(19)15(21-23-24)18-20-17(22-26-18)12-6-4-3-5-7-12/h3-10H,19H2,1-2H3. The molecule has 2 aromatic heterocycles. The highest BCUT2D eigenvalue weighted by Crippen LogP contribution is 2.30. The molecule has 8 heteroatoms. The van der Waals surface area contributed by atoms with Crippen LogP contribution in [0.1, 0.15) is 5.56 Å². The van der Waals surface area contributed by atoms with Crippen molar-refractivity contribution >= 4 is 5.82 Å². The van der Waals surface area contributed by atoms with Crippen LogP contribution in [0, 0.1) is 6.92 Å². The van der Waals surface area contributed by atoms with Gasteiger partial charge in [0.2, 0.25) is 5.82 Å². The molecule has 0 amide bonds. The van der Waals surface area contributed by atoms with Gasteiger partial charge in [0.25, 0.3) is 5.89 Å². The zero-order chi connectivity index (χ0) is 18.1.